The summed E-state index contributed by atoms with van der Waals surface area (Å²) in [5.74, 6) is -0.731. The van der Waals surface area contributed by atoms with E-state index in [1.54, 1.807) is 43.3 Å². The lowest BCUT2D eigenvalue weighted by atomic mass is 10.1. The van der Waals surface area contributed by atoms with Gasteiger partial charge in [0.05, 0.1) is 34.9 Å². The second-order valence-corrected chi connectivity index (χ2v) is 8.88. The van der Waals surface area contributed by atoms with Gasteiger partial charge in [0.25, 0.3) is 11.1 Å². The van der Waals surface area contributed by atoms with Gasteiger partial charge in [0.1, 0.15) is 12.3 Å². The second-order valence-electron chi connectivity index (χ2n) is 6.73. The van der Waals surface area contributed by atoms with E-state index in [1.807, 2.05) is 22.6 Å². The van der Waals surface area contributed by atoms with E-state index in [4.69, 9.17) is 18.9 Å². The van der Waals surface area contributed by atoms with Crippen molar-refractivity contribution in [1.29, 1.82) is 0 Å². The molecule has 0 N–H and O–H groups in total. The van der Waals surface area contributed by atoms with E-state index in [-0.39, 0.29) is 23.0 Å². The molecule has 0 radical (unpaired) electrons. The molecule has 1 heterocycles. The van der Waals surface area contributed by atoms with Crippen molar-refractivity contribution in [3.8, 4) is 17.2 Å². The largest absolute Gasteiger partial charge is 0.497 e. The first kappa shape index (κ1) is 25.6. The van der Waals surface area contributed by atoms with Crippen molar-refractivity contribution in [2.75, 3.05) is 27.4 Å². The van der Waals surface area contributed by atoms with Crippen LogP contribution in [0.2, 0.25) is 0 Å². The molecule has 0 aliphatic carbocycles. The Morgan fingerprint density at radius 2 is 1.79 bits per heavy atom. The van der Waals surface area contributed by atoms with Crippen LogP contribution >= 0.6 is 34.4 Å². The van der Waals surface area contributed by atoms with Crippen molar-refractivity contribution < 1.29 is 38.1 Å². The molecule has 1 aliphatic rings. The summed E-state index contributed by atoms with van der Waals surface area (Å²) in [5, 5.41) is -0.559. The molecule has 0 bridgehead atoms. The highest BCUT2D eigenvalue weighted by Gasteiger charge is 2.36. The van der Waals surface area contributed by atoms with E-state index >= 15 is 0 Å². The summed E-state index contributed by atoms with van der Waals surface area (Å²) in [7, 11) is 2.95. The van der Waals surface area contributed by atoms with Crippen LogP contribution in [0.3, 0.4) is 0 Å². The monoisotopic (exact) mass is 597 g/mol. The lowest BCUT2D eigenvalue weighted by Gasteiger charge is -2.13. The number of rotatable bonds is 8. The SMILES string of the molecule is CCOC(=O)CN1C(=O)S/C(=C\c2cc(I)c(OC(=O)c3ccc(OC)cc3)c(OC)c2)C1=O. The maximum atomic E-state index is 12.6. The molecule has 2 aromatic carbocycles. The number of benzene rings is 2. The summed E-state index contributed by atoms with van der Waals surface area (Å²) in [5.41, 5.74) is 0.880. The standard InChI is InChI=1S/C23H20INO8S/c1-4-32-19(26)12-25-21(27)18(34-23(25)29)11-13-9-16(24)20(17(10-13)31-3)33-22(28)14-5-7-15(30-2)8-6-14/h5-11H,4,12H2,1-3H3/b18-11-. The van der Waals surface area contributed by atoms with Gasteiger partial charge in [0.15, 0.2) is 11.5 Å². The Morgan fingerprint density at radius 1 is 1.09 bits per heavy atom. The van der Waals surface area contributed by atoms with E-state index in [9.17, 15) is 19.2 Å². The molecule has 0 unspecified atom stereocenters. The van der Waals surface area contributed by atoms with Crippen LogP contribution < -0.4 is 14.2 Å². The number of amides is 2. The van der Waals surface area contributed by atoms with Crippen LogP contribution in [-0.2, 0) is 14.3 Å². The second kappa shape index (κ2) is 11.4. The van der Waals surface area contributed by atoms with Crippen LogP contribution in [0.4, 0.5) is 4.79 Å². The Balaban J connectivity index is 1.82. The zero-order valence-electron chi connectivity index (χ0n) is 18.5. The molecule has 0 atom stereocenters. The first-order valence-corrected chi connectivity index (χ1v) is 11.8. The molecule has 0 saturated carbocycles. The van der Waals surface area contributed by atoms with Gasteiger partial charge >= 0.3 is 11.9 Å². The quantitative estimate of drug-likeness (QED) is 0.192. The number of hydrogen-bond donors (Lipinski definition) is 0. The Morgan fingerprint density at radius 3 is 2.41 bits per heavy atom. The lowest BCUT2D eigenvalue weighted by Crippen LogP contribution is -2.34. The van der Waals surface area contributed by atoms with E-state index in [0.717, 1.165) is 16.7 Å². The maximum Gasteiger partial charge on any atom is 0.343 e. The molecule has 9 nitrogen and oxygen atoms in total. The minimum Gasteiger partial charge on any atom is -0.497 e. The summed E-state index contributed by atoms with van der Waals surface area (Å²) < 4.78 is 21.4. The number of nitrogens with zero attached hydrogens (tertiary/aromatic N) is 1. The van der Waals surface area contributed by atoms with E-state index in [2.05, 4.69) is 0 Å². The van der Waals surface area contributed by atoms with Crippen molar-refractivity contribution in [3.05, 3.63) is 56.0 Å². The van der Waals surface area contributed by atoms with Crippen molar-refractivity contribution in [2.24, 2.45) is 0 Å². The zero-order valence-corrected chi connectivity index (χ0v) is 21.4. The number of hydrogen-bond acceptors (Lipinski definition) is 9. The Kier molecular flexibility index (Phi) is 8.56. The van der Waals surface area contributed by atoms with Crippen LogP contribution in [0.1, 0.15) is 22.8 Å². The van der Waals surface area contributed by atoms with Gasteiger partial charge in [0, 0.05) is 0 Å². The smallest absolute Gasteiger partial charge is 0.343 e. The molecule has 178 valence electrons. The number of halogens is 1. The van der Waals surface area contributed by atoms with Crippen LogP contribution in [0.5, 0.6) is 17.2 Å². The normalized spacial score (nSPS) is 14.4. The molecule has 11 heteroatoms. The number of esters is 2. The molecule has 1 aliphatic heterocycles. The fourth-order valence-corrected chi connectivity index (χ4v) is 4.50. The lowest BCUT2D eigenvalue weighted by molar-refractivity contribution is -0.145. The van der Waals surface area contributed by atoms with Gasteiger partial charge < -0.3 is 18.9 Å². The fraction of sp³-hybridized carbons (Fsp3) is 0.217. The topological polar surface area (TPSA) is 108 Å². The minimum absolute atomic E-state index is 0.148. The highest BCUT2D eigenvalue weighted by Crippen LogP contribution is 2.37. The van der Waals surface area contributed by atoms with Gasteiger partial charge in [-0.3, -0.25) is 19.3 Å². The molecule has 1 fully saturated rings. The number of methoxy groups -OCH3 is 2. The first-order chi connectivity index (χ1) is 16.3. The Hall–Kier alpha value is -3.06. The summed E-state index contributed by atoms with van der Waals surface area (Å²) in [6.45, 7) is 1.34. The summed E-state index contributed by atoms with van der Waals surface area (Å²) in [6, 6.07) is 9.73. The van der Waals surface area contributed by atoms with E-state index in [1.165, 1.54) is 20.3 Å². The van der Waals surface area contributed by atoms with Crippen molar-refractivity contribution in [1.82, 2.24) is 4.90 Å². The molecule has 1 saturated heterocycles. The van der Waals surface area contributed by atoms with Crippen molar-refractivity contribution in [3.63, 3.8) is 0 Å². The zero-order chi connectivity index (χ0) is 24.8. The average Bonchev–Trinajstić information content (AvgIpc) is 3.07. The van der Waals surface area contributed by atoms with Crippen LogP contribution in [-0.4, -0.2) is 55.4 Å². The number of imide groups is 1. The fourth-order valence-electron chi connectivity index (χ4n) is 2.92. The third kappa shape index (κ3) is 5.89. The highest BCUT2D eigenvalue weighted by atomic mass is 127. The van der Waals surface area contributed by atoms with Gasteiger partial charge in [-0.25, -0.2) is 4.79 Å². The molecule has 0 aromatic heterocycles. The van der Waals surface area contributed by atoms with Crippen LogP contribution in [0, 0.1) is 3.57 Å². The van der Waals surface area contributed by atoms with Crippen molar-refractivity contribution in [2.45, 2.75) is 6.92 Å². The maximum absolute atomic E-state index is 12.6. The van der Waals surface area contributed by atoms with Crippen LogP contribution in [0.15, 0.2) is 41.3 Å². The summed E-state index contributed by atoms with van der Waals surface area (Å²) in [6.07, 6.45) is 1.51. The molecule has 0 spiro atoms. The van der Waals surface area contributed by atoms with Gasteiger partial charge in [0.2, 0.25) is 0 Å². The average molecular weight is 597 g/mol. The van der Waals surface area contributed by atoms with Gasteiger partial charge in [-0.1, -0.05) is 0 Å². The molecule has 3 rings (SSSR count). The number of carbonyl (C=O) groups excluding carboxylic acids is 4. The third-order valence-electron chi connectivity index (χ3n) is 4.54. The third-order valence-corrected chi connectivity index (χ3v) is 6.24. The Bertz CT molecular complexity index is 1160. The van der Waals surface area contributed by atoms with Gasteiger partial charge in [-0.15, -0.1) is 0 Å². The Labute approximate surface area is 213 Å². The number of ether oxygens (including phenoxy) is 4. The molecule has 34 heavy (non-hydrogen) atoms. The highest BCUT2D eigenvalue weighted by molar-refractivity contribution is 14.1. The summed E-state index contributed by atoms with van der Waals surface area (Å²) >= 11 is 2.71. The van der Waals surface area contributed by atoms with E-state index < -0.39 is 29.6 Å². The molecular weight excluding hydrogens is 577 g/mol. The molecular formula is C23H20INO8S. The van der Waals surface area contributed by atoms with Gasteiger partial charge in [-0.05, 0) is 89.3 Å². The molecule has 2 aromatic rings. The number of carbonyl (C=O) groups is 4. The summed E-state index contributed by atoms with van der Waals surface area (Å²) in [4.78, 5) is 50.1. The first-order valence-electron chi connectivity index (χ1n) is 9.92. The van der Waals surface area contributed by atoms with E-state index in [0.29, 0.717) is 20.4 Å². The van der Waals surface area contributed by atoms with Gasteiger partial charge in [-0.2, -0.15) is 0 Å². The number of thioether (sulfide) groups is 1. The molecule has 2 amide bonds. The van der Waals surface area contributed by atoms with Crippen molar-refractivity contribution >= 4 is 63.5 Å². The minimum atomic E-state index is -0.662. The predicted octanol–water partition coefficient (Wildman–Crippen LogP) is 4.13. The van der Waals surface area contributed by atoms with Crippen LogP contribution in [0.25, 0.3) is 6.08 Å². The predicted molar refractivity (Wildman–Crippen MR) is 133 cm³/mol.